The second-order valence-corrected chi connectivity index (χ2v) is 9.79. The number of carbonyl (C=O) groups is 2. The summed E-state index contributed by atoms with van der Waals surface area (Å²) in [6, 6.07) is 8.94. The Morgan fingerprint density at radius 1 is 1.15 bits per heavy atom. The zero-order valence-corrected chi connectivity index (χ0v) is 20.8. The van der Waals surface area contributed by atoms with E-state index >= 15 is 0 Å². The van der Waals surface area contributed by atoms with E-state index in [2.05, 4.69) is 48.3 Å². The Balaban J connectivity index is 1.95. The van der Waals surface area contributed by atoms with Crippen LogP contribution in [0.3, 0.4) is 0 Å². The second-order valence-electron chi connectivity index (χ2n) is 9.79. The van der Waals surface area contributed by atoms with Crippen molar-refractivity contribution in [2.75, 3.05) is 36.4 Å². The van der Waals surface area contributed by atoms with Gasteiger partial charge in [-0.25, -0.2) is 0 Å². The van der Waals surface area contributed by atoms with Gasteiger partial charge in [-0.3, -0.25) is 9.59 Å². The molecule has 2 unspecified atom stereocenters. The van der Waals surface area contributed by atoms with Gasteiger partial charge in [-0.2, -0.15) is 0 Å². The zero-order chi connectivity index (χ0) is 24.4. The normalized spacial score (nSPS) is 16.5. The molecule has 1 radical (unpaired) electrons. The van der Waals surface area contributed by atoms with Crippen molar-refractivity contribution < 1.29 is 14.7 Å². The van der Waals surface area contributed by atoms with E-state index in [1.165, 1.54) is 5.69 Å². The van der Waals surface area contributed by atoms with Crippen LogP contribution in [0, 0.1) is 18.3 Å². The Bertz CT molecular complexity index is 728. The molecule has 0 aromatic heterocycles. The lowest BCUT2D eigenvalue weighted by atomic mass is 9.99. The van der Waals surface area contributed by atoms with E-state index in [4.69, 9.17) is 5.73 Å². The fraction of sp³-hybridized carbons (Fsp3) is 0.654. The van der Waals surface area contributed by atoms with E-state index in [-0.39, 0.29) is 23.8 Å². The lowest BCUT2D eigenvalue weighted by Gasteiger charge is -2.40. The minimum absolute atomic E-state index is 0.00269. The molecule has 0 bridgehead atoms. The Kier molecular flexibility index (Phi) is 11.0. The molecule has 0 spiro atoms. The van der Waals surface area contributed by atoms with Gasteiger partial charge in [0.05, 0.1) is 12.5 Å². The van der Waals surface area contributed by atoms with E-state index in [1.54, 1.807) is 20.3 Å². The smallest absolute Gasteiger partial charge is 0.226 e. The average Bonchev–Trinajstić information content (AvgIpc) is 2.78. The summed E-state index contributed by atoms with van der Waals surface area (Å²) in [6.07, 6.45) is 5.40. The van der Waals surface area contributed by atoms with Crippen LogP contribution in [-0.4, -0.2) is 60.1 Å². The van der Waals surface area contributed by atoms with Gasteiger partial charge < -0.3 is 26.0 Å². The standard InChI is InChI=1S/C26H43N4O3/c1-19(2)12-18-30(23-8-6-22(7-9-23)28-15-11-21(4)31)24-13-16-29(17-14-24)25(32)10-5-20(3)26(27)33/h6-10,19-21,24,28,31H,5,11-18H2,1-4H3,(H2,27,33). The minimum atomic E-state index is -0.372. The SMILES string of the molecule is CC(C)CCN(c1ccc(NCCC(C)O)cc1)C1CCN(C(=O)[CH]CC(C)C(N)=O)CC1. The first-order chi connectivity index (χ1) is 15.7. The number of aliphatic hydroxyl groups is 1. The molecular weight excluding hydrogens is 416 g/mol. The third-order valence-electron chi connectivity index (χ3n) is 6.39. The molecule has 2 amide bonds. The van der Waals surface area contributed by atoms with Crippen molar-refractivity contribution in [1.29, 1.82) is 0 Å². The van der Waals surface area contributed by atoms with Gasteiger partial charge in [0.25, 0.3) is 0 Å². The predicted molar refractivity (Wildman–Crippen MR) is 135 cm³/mol. The van der Waals surface area contributed by atoms with E-state index in [0.717, 1.165) is 57.5 Å². The number of hydrogen-bond acceptors (Lipinski definition) is 5. The highest BCUT2D eigenvalue weighted by atomic mass is 16.3. The number of likely N-dealkylation sites (tertiary alicyclic amines) is 1. The van der Waals surface area contributed by atoms with Gasteiger partial charge in [0, 0.05) is 49.5 Å². The van der Waals surface area contributed by atoms with Crippen LogP contribution in [0.15, 0.2) is 24.3 Å². The number of nitrogens with zero attached hydrogens (tertiary/aromatic N) is 2. The van der Waals surface area contributed by atoms with Crippen LogP contribution in [0.5, 0.6) is 0 Å². The lowest BCUT2D eigenvalue weighted by Crippen LogP contribution is -2.47. The summed E-state index contributed by atoms with van der Waals surface area (Å²) in [7, 11) is 0. The Morgan fingerprint density at radius 2 is 1.79 bits per heavy atom. The molecule has 1 aromatic rings. The summed E-state index contributed by atoms with van der Waals surface area (Å²) in [5.41, 5.74) is 7.57. The van der Waals surface area contributed by atoms with Gasteiger partial charge in [-0.05, 0) is 69.2 Å². The van der Waals surface area contributed by atoms with E-state index in [9.17, 15) is 14.7 Å². The van der Waals surface area contributed by atoms with E-state index in [1.807, 2.05) is 4.90 Å². The van der Waals surface area contributed by atoms with Crippen LogP contribution in [0.4, 0.5) is 11.4 Å². The summed E-state index contributed by atoms with van der Waals surface area (Å²) >= 11 is 0. The van der Waals surface area contributed by atoms with Crippen molar-refractivity contribution in [3.63, 3.8) is 0 Å². The maximum absolute atomic E-state index is 12.5. The Labute approximate surface area is 199 Å². The maximum Gasteiger partial charge on any atom is 0.226 e. The first-order valence-corrected chi connectivity index (χ1v) is 12.4. The largest absolute Gasteiger partial charge is 0.393 e. The molecule has 2 rings (SSSR count). The van der Waals surface area contributed by atoms with Crippen LogP contribution in [-0.2, 0) is 9.59 Å². The quantitative estimate of drug-likeness (QED) is 0.420. The number of rotatable bonds is 13. The molecule has 1 aromatic carbocycles. The highest BCUT2D eigenvalue weighted by molar-refractivity contribution is 5.86. The molecule has 7 nitrogen and oxygen atoms in total. The molecular formula is C26H43N4O3. The fourth-order valence-corrected chi connectivity index (χ4v) is 4.04. The van der Waals surface area contributed by atoms with E-state index in [0.29, 0.717) is 18.4 Å². The summed E-state index contributed by atoms with van der Waals surface area (Å²) in [5.74, 6) is -0.0643. The number of piperidine rings is 1. The van der Waals surface area contributed by atoms with Gasteiger partial charge >= 0.3 is 0 Å². The van der Waals surface area contributed by atoms with Crippen molar-refractivity contribution >= 4 is 23.2 Å². The molecule has 2 atom stereocenters. The summed E-state index contributed by atoms with van der Waals surface area (Å²) in [5, 5.41) is 12.8. The minimum Gasteiger partial charge on any atom is -0.393 e. The van der Waals surface area contributed by atoms with Gasteiger partial charge in [0.1, 0.15) is 0 Å². The van der Waals surface area contributed by atoms with Crippen LogP contribution < -0.4 is 16.0 Å². The van der Waals surface area contributed by atoms with Crippen molar-refractivity contribution in [1.82, 2.24) is 4.90 Å². The van der Waals surface area contributed by atoms with Crippen molar-refractivity contribution in [3.05, 3.63) is 30.7 Å². The van der Waals surface area contributed by atoms with Crippen LogP contribution in [0.2, 0.25) is 0 Å². The Morgan fingerprint density at radius 3 is 2.33 bits per heavy atom. The maximum atomic E-state index is 12.5. The number of amides is 2. The number of benzene rings is 1. The first-order valence-electron chi connectivity index (χ1n) is 12.4. The highest BCUT2D eigenvalue weighted by Gasteiger charge is 2.27. The van der Waals surface area contributed by atoms with Gasteiger partial charge in [0.2, 0.25) is 11.8 Å². The average molecular weight is 460 g/mol. The number of aliphatic hydroxyl groups excluding tert-OH is 1. The number of primary amides is 1. The topological polar surface area (TPSA) is 98.9 Å². The molecule has 33 heavy (non-hydrogen) atoms. The zero-order valence-electron chi connectivity index (χ0n) is 20.8. The van der Waals surface area contributed by atoms with Crippen LogP contribution in [0.25, 0.3) is 0 Å². The number of hydrogen-bond donors (Lipinski definition) is 3. The molecule has 0 saturated carbocycles. The molecule has 0 aliphatic carbocycles. The number of nitrogens with two attached hydrogens (primary N) is 1. The summed E-state index contributed by atoms with van der Waals surface area (Å²) in [4.78, 5) is 28.1. The van der Waals surface area contributed by atoms with Crippen LogP contribution in [0.1, 0.15) is 59.8 Å². The monoisotopic (exact) mass is 459 g/mol. The third kappa shape index (κ3) is 9.24. The van der Waals surface area contributed by atoms with Crippen molar-refractivity contribution in [3.8, 4) is 0 Å². The molecule has 4 N–H and O–H groups in total. The Hall–Kier alpha value is -2.28. The third-order valence-corrected chi connectivity index (χ3v) is 6.39. The van der Waals surface area contributed by atoms with Gasteiger partial charge in [0.15, 0.2) is 0 Å². The van der Waals surface area contributed by atoms with Crippen molar-refractivity contribution in [2.24, 2.45) is 17.6 Å². The molecule has 185 valence electrons. The molecule has 1 aliphatic rings. The predicted octanol–water partition coefficient (Wildman–Crippen LogP) is 3.43. The number of nitrogens with one attached hydrogen (secondary N) is 1. The van der Waals surface area contributed by atoms with Gasteiger partial charge in [-0.1, -0.05) is 20.8 Å². The molecule has 1 saturated heterocycles. The van der Waals surface area contributed by atoms with E-state index < -0.39 is 0 Å². The van der Waals surface area contributed by atoms with Crippen LogP contribution >= 0.6 is 0 Å². The summed E-state index contributed by atoms with van der Waals surface area (Å²) < 4.78 is 0. The second kappa shape index (κ2) is 13.4. The number of anilines is 2. The summed E-state index contributed by atoms with van der Waals surface area (Å²) in [6.45, 7) is 11.2. The molecule has 1 fully saturated rings. The molecule has 7 heteroatoms. The van der Waals surface area contributed by atoms with Gasteiger partial charge in [-0.15, -0.1) is 0 Å². The fourth-order valence-electron chi connectivity index (χ4n) is 4.04. The van der Waals surface area contributed by atoms with Crippen molar-refractivity contribution in [2.45, 2.75) is 71.9 Å². The number of carbonyl (C=O) groups excluding carboxylic acids is 2. The molecule has 1 heterocycles. The molecule has 1 aliphatic heterocycles. The lowest BCUT2D eigenvalue weighted by molar-refractivity contribution is -0.129. The first kappa shape index (κ1) is 27.0. The highest BCUT2D eigenvalue weighted by Crippen LogP contribution is 2.27.